The molecule has 17 heteroatoms. The topological polar surface area (TPSA) is 155 Å². The summed E-state index contributed by atoms with van der Waals surface area (Å²) in [6.45, 7) is 8.74. The minimum atomic E-state index is -2.14. The van der Waals surface area contributed by atoms with Gasteiger partial charge in [-0.3, -0.25) is 29.4 Å². The molecule has 0 bridgehead atoms. The Kier molecular flexibility index (Phi) is 14.4. The second-order valence-electron chi connectivity index (χ2n) is 17.0. The van der Waals surface area contributed by atoms with Crippen LogP contribution in [0.2, 0.25) is 10.0 Å². The third kappa shape index (κ3) is 10.8. The fourth-order valence-corrected chi connectivity index (χ4v) is 10.6. The number of nitrogens with zero attached hydrogens (tertiary/aromatic N) is 4. The number of benzene rings is 4. The summed E-state index contributed by atoms with van der Waals surface area (Å²) in [7, 11) is -2.14. The molecule has 1 aliphatic carbocycles. The van der Waals surface area contributed by atoms with E-state index in [1.54, 1.807) is 30.3 Å². The highest BCUT2D eigenvalue weighted by Crippen LogP contribution is 2.38. The number of carbonyl (C=O) groups excluding carboxylic acids is 1. The largest absolute Gasteiger partial charge is 0.455 e. The number of morpholine rings is 1. The standard InChI is InChI=1S/C48H53Cl2N7O7S/c49-35-3-1-32(2-4-35)40-15-24-62-23-14-34(40)31-54-17-19-55(20-18-54)38-9-11-41(46(28-38)64-47-27-33-13-16-51-44(33)30-42(47)50)48(58)53-65(61)39-10-12-43(45(29-39)57(59)60)52-36-5-7-37(8-6-36)56-21-25-63-26-22-56/h1-4,9-13,16,27-30,36-37,51-52H,5-8,14-15,17-26,31H2,(H,53,58). The van der Waals surface area contributed by atoms with E-state index in [1.807, 2.05) is 36.5 Å². The summed E-state index contributed by atoms with van der Waals surface area (Å²) in [5, 5.41) is 17.6. The first-order valence-electron chi connectivity index (χ1n) is 22.3. The number of anilines is 2. The summed E-state index contributed by atoms with van der Waals surface area (Å²) in [5.41, 5.74) is 5.87. The molecule has 3 N–H and O–H groups in total. The van der Waals surface area contributed by atoms with Crippen LogP contribution in [0.5, 0.6) is 11.5 Å². The van der Waals surface area contributed by atoms with Crippen LogP contribution in [0.4, 0.5) is 17.1 Å². The van der Waals surface area contributed by atoms with Gasteiger partial charge in [-0.15, -0.1) is 0 Å². The number of nitrogens with one attached hydrogen (secondary N) is 3. The monoisotopic (exact) mass is 941 g/mol. The average Bonchev–Trinajstić information content (AvgIpc) is 3.65. The lowest BCUT2D eigenvalue weighted by Gasteiger charge is -2.39. The Labute approximate surface area is 390 Å². The number of hydrogen-bond acceptors (Lipinski definition) is 11. The van der Waals surface area contributed by atoms with Crippen molar-refractivity contribution in [2.45, 2.75) is 55.5 Å². The number of nitro groups is 1. The third-order valence-electron chi connectivity index (χ3n) is 13.0. The van der Waals surface area contributed by atoms with Crippen molar-refractivity contribution in [2.24, 2.45) is 0 Å². The maximum Gasteiger partial charge on any atom is 0.293 e. The number of H-pyrrole nitrogens is 1. The van der Waals surface area contributed by atoms with E-state index in [0.717, 1.165) is 114 Å². The molecule has 9 rings (SSSR count). The predicted molar refractivity (Wildman–Crippen MR) is 256 cm³/mol. The summed E-state index contributed by atoms with van der Waals surface area (Å²) in [4.78, 5) is 36.4. The van der Waals surface area contributed by atoms with Crippen LogP contribution in [0.15, 0.2) is 95.5 Å². The molecule has 4 heterocycles. The molecular formula is C48H53Cl2N7O7S. The molecule has 3 fully saturated rings. The zero-order chi connectivity index (χ0) is 44.9. The van der Waals surface area contributed by atoms with E-state index in [4.69, 9.17) is 37.4 Å². The normalized spacial score (nSPS) is 20.6. The van der Waals surface area contributed by atoms with Crippen LogP contribution in [0.3, 0.4) is 0 Å². The lowest BCUT2D eigenvalue weighted by Crippen LogP contribution is -2.47. The Morgan fingerprint density at radius 1 is 0.846 bits per heavy atom. The molecule has 1 atom stereocenters. The van der Waals surface area contributed by atoms with Crippen molar-refractivity contribution in [1.29, 1.82) is 0 Å². The van der Waals surface area contributed by atoms with Crippen LogP contribution in [-0.4, -0.2) is 114 Å². The van der Waals surface area contributed by atoms with Gasteiger partial charge in [0.2, 0.25) is 0 Å². The summed E-state index contributed by atoms with van der Waals surface area (Å²) in [5.74, 6) is -0.102. The van der Waals surface area contributed by atoms with Gasteiger partial charge in [0.05, 0.1) is 46.8 Å². The number of fused-ring (bicyclic) bond motifs is 1. The number of hydrogen-bond donors (Lipinski definition) is 3. The Morgan fingerprint density at radius 2 is 1.60 bits per heavy atom. The maximum absolute atomic E-state index is 14.1. The van der Waals surface area contributed by atoms with E-state index in [2.05, 4.69) is 41.9 Å². The molecule has 1 saturated carbocycles. The van der Waals surface area contributed by atoms with Crippen LogP contribution >= 0.6 is 23.2 Å². The van der Waals surface area contributed by atoms with Gasteiger partial charge >= 0.3 is 0 Å². The lowest BCUT2D eigenvalue weighted by atomic mass is 9.89. The molecule has 342 valence electrons. The number of aromatic amines is 1. The summed E-state index contributed by atoms with van der Waals surface area (Å²) >= 11 is 12.9. The van der Waals surface area contributed by atoms with Crippen molar-refractivity contribution in [2.75, 3.05) is 82.5 Å². The minimum absolute atomic E-state index is 0.0760. The van der Waals surface area contributed by atoms with Gasteiger partial charge in [0.1, 0.15) is 17.2 Å². The zero-order valence-electron chi connectivity index (χ0n) is 36.1. The highest BCUT2D eigenvalue weighted by Gasteiger charge is 2.29. The molecule has 4 aliphatic rings. The van der Waals surface area contributed by atoms with E-state index in [0.29, 0.717) is 40.7 Å². The fourth-order valence-electron chi connectivity index (χ4n) is 9.48. The molecular weight excluding hydrogens is 890 g/mol. The van der Waals surface area contributed by atoms with Gasteiger partial charge < -0.3 is 29.4 Å². The fraction of sp³-hybridized carbons (Fsp3) is 0.396. The first-order valence-corrected chi connectivity index (χ1v) is 24.3. The number of aromatic nitrogens is 1. The van der Waals surface area contributed by atoms with E-state index in [-0.39, 0.29) is 27.9 Å². The number of piperazine rings is 1. The maximum atomic E-state index is 14.1. The molecule has 1 unspecified atom stereocenters. The molecule has 3 aliphatic heterocycles. The van der Waals surface area contributed by atoms with Crippen molar-refractivity contribution < 1.29 is 28.1 Å². The van der Waals surface area contributed by atoms with Gasteiger partial charge in [0.15, 0.2) is 11.0 Å². The molecule has 2 saturated heterocycles. The lowest BCUT2D eigenvalue weighted by molar-refractivity contribution is -0.384. The minimum Gasteiger partial charge on any atom is -0.455 e. The van der Waals surface area contributed by atoms with Gasteiger partial charge in [0.25, 0.3) is 11.6 Å². The number of halogens is 2. The first-order chi connectivity index (χ1) is 31.6. The molecule has 0 spiro atoms. The molecule has 0 radical (unpaired) electrons. The highest BCUT2D eigenvalue weighted by molar-refractivity contribution is 7.83. The molecule has 65 heavy (non-hydrogen) atoms. The van der Waals surface area contributed by atoms with Gasteiger partial charge in [0, 0.05) is 97.8 Å². The van der Waals surface area contributed by atoms with Crippen LogP contribution in [0, 0.1) is 10.1 Å². The predicted octanol–water partition coefficient (Wildman–Crippen LogP) is 9.07. The Bertz CT molecular complexity index is 2570. The van der Waals surface area contributed by atoms with Crippen molar-refractivity contribution in [3.8, 4) is 11.5 Å². The molecule has 1 aromatic heterocycles. The second kappa shape index (κ2) is 20.7. The number of rotatable bonds is 13. The highest BCUT2D eigenvalue weighted by atomic mass is 35.5. The van der Waals surface area contributed by atoms with Crippen LogP contribution < -0.4 is 19.7 Å². The van der Waals surface area contributed by atoms with Gasteiger partial charge in [-0.05, 0) is 104 Å². The van der Waals surface area contributed by atoms with E-state index in [9.17, 15) is 19.1 Å². The number of amides is 1. The van der Waals surface area contributed by atoms with Crippen LogP contribution in [0.1, 0.15) is 54.4 Å². The van der Waals surface area contributed by atoms with Crippen molar-refractivity contribution in [3.05, 3.63) is 122 Å². The Morgan fingerprint density at radius 3 is 2.37 bits per heavy atom. The second-order valence-corrected chi connectivity index (χ2v) is 19.1. The Hall–Kier alpha value is -5.00. The van der Waals surface area contributed by atoms with Crippen LogP contribution in [0.25, 0.3) is 16.5 Å². The first kappa shape index (κ1) is 45.2. The van der Waals surface area contributed by atoms with E-state index >= 15 is 0 Å². The van der Waals surface area contributed by atoms with E-state index < -0.39 is 21.8 Å². The molecule has 5 aromatic rings. The smallest absolute Gasteiger partial charge is 0.293 e. The summed E-state index contributed by atoms with van der Waals surface area (Å²) in [6.07, 6.45) is 7.30. The van der Waals surface area contributed by atoms with Gasteiger partial charge in [-0.2, -0.15) is 0 Å². The van der Waals surface area contributed by atoms with E-state index in [1.165, 1.54) is 22.8 Å². The zero-order valence-corrected chi connectivity index (χ0v) is 38.4. The SMILES string of the molecule is O=C(NS(=O)c1ccc(NC2CCC(N3CCOCC3)CC2)c([N+](=O)[O-])c1)c1ccc(N2CCN(CC3=C(c4ccc(Cl)cc4)CCOCC3)CC2)cc1Oc1cc2cc[nH]c2cc1Cl. The third-order valence-corrected chi connectivity index (χ3v) is 14.6. The number of carbonyl (C=O) groups is 1. The van der Waals surface area contributed by atoms with Crippen molar-refractivity contribution in [3.63, 3.8) is 0 Å². The quantitative estimate of drug-likeness (QED) is 0.0765. The molecule has 14 nitrogen and oxygen atoms in total. The number of nitro benzene ring substituents is 1. The van der Waals surface area contributed by atoms with Crippen LogP contribution in [-0.2, 0) is 20.5 Å². The number of ether oxygens (including phenoxy) is 3. The van der Waals surface area contributed by atoms with Gasteiger partial charge in [-0.1, -0.05) is 40.9 Å². The van der Waals surface area contributed by atoms with Crippen molar-refractivity contribution in [1.82, 2.24) is 19.5 Å². The molecule has 4 aromatic carbocycles. The summed E-state index contributed by atoms with van der Waals surface area (Å²) < 4.78 is 34.2. The average molecular weight is 943 g/mol. The molecule has 1 amide bonds. The summed E-state index contributed by atoms with van der Waals surface area (Å²) in [6, 6.07) is 23.8. The van der Waals surface area contributed by atoms with Crippen molar-refractivity contribution >= 4 is 73.6 Å². The Balaban J connectivity index is 0.898. The van der Waals surface area contributed by atoms with Gasteiger partial charge in [-0.25, -0.2) is 4.21 Å².